The number of halogens is 3. The van der Waals surface area contributed by atoms with Crippen LogP contribution < -0.4 is 15.4 Å². The van der Waals surface area contributed by atoms with Gasteiger partial charge >= 0.3 is 12.2 Å². The zero-order valence-electron chi connectivity index (χ0n) is 29.4. The molecule has 0 saturated carbocycles. The number of ether oxygens (including phenoxy) is 2. The van der Waals surface area contributed by atoms with Crippen molar-refractivity contribution >= 4 is 29.2 Å². The molecule has 0 radical (unpaired) electrons. The number of carbonyl (C=O) groups is 3. The molecule has 51 heavy (non-hydrogen) atoms. The van der Waals surface area contributed by atoms with Crippen molar-refractivity contribution < 1.29 is 42.1 Å². The summed E-state index contributed by atoms with van der Waals surface area (Å²) in [7, 11) is 1.56. The van der Waals surface area contributed by atoms with Crippen LogP contribution in [0.15, 0.2) is 72.8 Å². The lowest BCUT2D eigenvalue weighted by Gasteiger charge is -2.35. The van der Waals surface area contributed by atoms with Gasteiger partial charge in [-0.3, -0.25) is 9.59 Å². The molecular weight excluding hydrogens is 665 g/mol. The van der Waals surface area contributed by atoms with Crippen molar-refractivity contribution in [3.05, 3.63) is 89.5 Å². The lowest BCUT2D eigenvalue weighted by atomic mass is 10.0. The van der Waals surface area contributed by atoms with Crippen LogP contribution in [0.25, 0.3) is 0 Å². The molecule has 3 aromatic rings. The molecule has 10 nitrogen and oxygen atoms in total. The van der Waals surface area contributed by atoms with E-state index in [0.29, 0.717) is 30.9 Å². The third-order valence-electron chi connectivity index (χ3n) is 8.81. The molecule has 4 atom stereocenters. The maximum atomic E-state index is 14.4. The van der Waals surface area contributed by atoms with E-state index in [9.17, 15) is 32.7 Å². The highest BCUT2D eigenvalue weighted by atomic mass is 19.4. The summed E-state index contributed by atoms with van der Waals surface area (Å²) in [5.74, 6) is -0.622. The average molecular weight is 713 g/mol. The van der Waals surface area contributed by atoms with Crippen LogP contribution in [0.2, 0.25) is 0 Å². The van der Waals surface area contributed by atoms with Crippen molar-refractivity contribution in [3.63, 3.8) is 0 Å². The van der Waals surface area contributed by atoms with Gasteiger partial charge in [-0.05, 0) is 81.1 Å². The average Bonchev–Trinajstić information content (AvgIpc) is 3.09. The molecule has 4 amide bonds. The predicted molar refractivity (Wildman–Crippen MR) is 189 cm³/mol. The number of carbonyl (C=O) groups excluding carboxylic acids is 3. The smallest absolute Gasteiger partial charge is 0.416 e. The van der Waals surface area contributed by atoms with Crippen molar-refractivity contribution in [1.82, 2.24) is 9.80 Å². The van der Waals surface area contributed by atoms with E-state index in [1.54, 1.807) is 32.2 Å². The zero-order valence-corrected chi connectivity index (χ0v) is 29.4. The Morgan fingerprint density at radius 3 is 2.35 bits per heavy atom. The van der Waals surface area contributed by atoms with E-state index in [4.69, 9.17) is 9.47 Å². The molecule has 1 heterocycles. The Bertz CT molecular complexity index is 1610. The van der Waals surface area contributed by atoms with Gasteiger partial charge in [-0.15, -0.1) is 0 Å². The molecule has 3 N–H and O–H groups in total. The molecule has 0 spiro atoms. The summed E-state index contributed by atoms with van der Waals surface area (Å²) in [6.07, 6.45) is -2.94. The summed E-state index contributed by atoms with van der Waals surface area (Å²) in [6.45, 7) is 5.88. The Morgan fingerprint density at radius 2 is 1.69 bits per heavy atom. The summed E-state index contributed by atoms with van der Waals surface area (Å²) in [4.78, 5) is 43.3. The summed E-state index contributed by atoms with van der Waals surface area (Å²) in [5, 5.41) is 15.7. The zero-order chi connectivity index (χ0) is 37.1. The summed E-state index contributed by atoms with van der Waals surface area (Å²) in [6, 6.07) is 17.3. The van der Waals surface area contributed by atoms with Gasteiger partial charge in [0.25, 0.3) is 5.91 Å². The third-order valence-corrected chi connectivity index (χ3v) is 8.81. The first-order chi connectivity index (χ1) is 24.2. The Balaban J connectivity index is 1.55. The number of hydrogen-bond donors (Lipinski definition) is 3. The molecule has 3 aromatic carbocycles. The molecule has 4 rings (SSSR count). The van der Waals surface area contributed by atoms with Crippen LogP contribution in [0.5, 0.6) is 5.75 Å². The lowest BCUT2D eigenvalue weighted by molar-refractivity contribution is -0.137. The molecule has 1 aliphatic heterocycles. The first-order valence-corrected chi connectivity index (χ1v) is 17.1. The van der Waals surface area contributed by atoms with Crippen molar-refractivity contribution in [2.45, 2.75) is 70.9 Å². The SMILES string of the molecule is C[C@@H]1CCCCO[C@@H](CN(C)C(=O)Nc2ccc(C(F)(F)F)cc2)[C@@H](C)CN([C@H](C)CO)C(=O)c2cc(NC(=O)Cc3ccccc3)ccc2O1. The molecule has 0 unspecified atom stereocenters. The first kappa shape index (κ1) is 39.2. The van der Waals surface area contributed by atoms with E-state index in [1.807, 2.05) is 44.2 Å². The number of aliphatic hydroxyl groups is 1. The third kappa shape index (κ3) is 11.4. The Kier molecular flexibility index (Phi) is 13.9. The highest BCUT2D eigenvalue weighted by Gasteiger charge is 2.32. The van der Waals surface area contributed by atoms with E-state index in [0.717, 1.165) is 24.1 Å². The van der Waals surface area contributed by atoms with Crippen molar-refractivity contribution in [3.8, 4) is 5.75 Å². The number of urea groups is 1. The fourth-order valence-corrected chi connectivity index (χ4v) is 5.76. The van der Waals surface area contributed by atoms with E-state index >= 15 is 0 Å². The van der Waals surface area contributed by atoms with E-state index in [-0.39, 0.29) is 55.3 Å². The number of benzene rings is 3. The van der Waals surface area contributed by atoms with Crippen LogP contribution in [0, 0.1) is 5.92 Å². The number of anilines is 2. The molecule has 1 aliphatic rings. The number of likely N-dealkylation sites (N-methyl/N-ethyl adjacent to an activating group) is 1. The van der Waals surface area contributed by atoms with Crippen LogP contribution in [0.3, 0.4) is 0 Å². The number of nitrogens with zero attached hydrogens (tertiary/aromatic N) is 2. The Hall–Kier alpha value is -4.62. The van der Waals surface area contributed by atoms with Gasteiger partial charge in [-0.1, -0.05) is 37.3 Å². The fraction of sp³-hybridized carbons (Fsp3) is 0.447. The molecule has 0 saturated heterocycles. The number of fused-ring (bicyclic) bond motifs is 1. The summed E-state index contributed by atoms with van der Waals surface area (Å²) >= 11 is 0. The quantitative estimate of drug-likeness (QED) is 0.235. The molecule has 0 aromatic heterocycles. The fourth-order valence-electron chi connectivity index (χ4n) is 5.76. The van der Waals surface area contributed by atoms with Gasteiger partial charge in [0.15, 0.2) is 0 Å². The second kappa shape index (κ2) is 18.0. The minimum Gasteiger partial charge on any atom is -0.490 e. The molecule has 13 heteroatoms. The lowest BCUT2D eigenvalue weighted by Crippen LogP contribution is -2.48. The van der Waals surface area contributed by atoms with Crippen molar-refractivity contribution in [2.24, 2.45) is 5.92 Å². The first-order valence-electron chi connectivity index (χ1n) is 17.1. The maximum absolute atomic E-state index is 14.4. The van der Waals surface area contributed by atoms with E-state index < -0.39 is 35.8 Å². The topological polar surface area (TPSA) is 120 Å². The van der Waals surface area contributed by atoms with Gasteiger partial charge in [0.05, 0.1) is 42.4 Å². The van der Waals surface area contributed by atoms with Crippen LogP contribution in [-0.4, -0.2) is 84.4 Å². The van der Waals surface area contributed by atoms with Gasteiger partial charge in [-0.2, -0.15) is 13.2 Å². The van der Waals surface area contributed by atoms with Crippen LogP contribution >= 0.6 is 0 Å². The van der Waals surface area contributed by atoms with Gasteiger partial charge in [0.1, 0.15) is 5.75 Å². The van der Waals surface area contributed by atoms with Gasteiger partial charge in [0.2, 0.25) is 5.91 Å². The van der Waals surface area contributed by atoms with Crippen LogP contribution in [0.1, 0.15) is 61.5 Å². The highest BCUT2D eigenvalue weighted by Crippen LogP contribution is 2.31. The van der Waals surface area contributed by atoms with E-state index in [2.05, 4.69) is 10.6 Å². The largest absolute Gasteiger partial charge is 0.490 e. The second-order valence-corrected chi connectivity index (χ2v) is 13.1. The molecule has 0 bridgehead atoms. The van der Waals surface area contributed by atoms with Gasteiger partial charge < -0.3 is 35.0 Å². The number of rotatable bonds is 8. The summed E-state index contributed by atoms with van der Waals surface area (Å²) in [5.41, 5.74) is 0.887. The normalized spacial score (nSPS) is 19.6. The van der Waals surface area contributed by atoms with Crippen molar-refractivity contribution in [1.29, 1.82) is 0 Å². The minimum atomic E-state index is -4.49. The second-order valence-electron chi connectivity index (χ2n) is 13.1. The maximum Gasteiger partial charge on any atom is 0.416 e. The predicted octanol–water partition coefficient (Wildman–Crippen LogP) is 6.85. The minimum absolute atomic E-state index is 0.122. The molecule has 0 aliphatic carbocycles. The highest BCUT2D eigenvalue weighted by molar-refractivity contribution is 6.00. The summed E-state index contributed by atoms with van der Waals surface area (Å²) < 4.78 is 51.5. The van der Waals surface area contributed by atoms with Gasteiger partial charge in [-0.25, -0.2) is 4.79 Å². The monoisotopic (exact) mass is 712 g/mol. The molecular formula is C38H47F3N4O6. The molecule has 276 valence electrons. The number of nitrogens with one attached hydrogen (secondary N) is 2. The number of alkyl halides is 3. The Labute approximate surface area is 296 Å². The van der Waals surface area contributed by atoms with Crippen LogP contribution in [0.4, 0.5) is 29.3 Å². The number of hydrogen-bond acceptors (Lipinski definition) is 6. The Morgan fingerprint density at radius 1 is 1.00 bits per heavy atom. The molecule has 0 fully saturated rings. The number of aliphatic hydroxyl groups excluding tert-OH is 1. The number of amides is 4. The van der Waals surface area contributed by atoms with Crippen LogP contribution in [-0.2, 0) is 22.1 Å². The standard InChI is InChI=1S/C38H47F3N4O6/c1-25-22-45(26(2)24-46)36(48)32-21-31(42-35(47)20-28-11-6-5-7-12-28)17-18-33(32)51-27(3)10-8-9-19-50-34(25)23-44(4)37(49)43-30-15-13-29(14-16-30)38(39,40)41/h5-7,11-18,21,25-27,34,46H,8-10,19-20,22-24H2,1-4H3,(H,42,47)(H,43,49)/t25-,26+,27+,34-/m0/s1. The van der Waals surface area contributed by atoms with E-state index in [1.165, 1.54) is 21.9 Å². The van der Waals surface area contributed by atoms with Crippen molar-refractivity contribution in [2.75, 3.05) is 44.0 Å². The van der Waals surface area contributed by atoms with Gasteiger partial charge in [0, 0.05) is 44.0 Å².